The van der Waals surface area contributed by atoms with E-state index in [1.54, 1.807) is 12.5 Å². The van der Waals surface area contributed by atoms with Crippen LogP contribution in [0.2, 0.25) is 0 Å². The SMILES string of the molecule is O=C(NC[C@@H](c1ccoc1)N1CCSCC1)C1CCOCC1. The number of carbonyl (C=O) groups is 1. The lowest BCUT2D eigenvalue weighted by Crippen LogP contribution is -2.43. The molecule has 2 aliphatic heterocycles. The Hall–Kier alpha value is -0.980. The minimum atomic E-state index is 0.107. The van der Waals surface area contributed by atoms with Crippen molar-refractivity contribution in [3.8, 4) is 0 Å². The van der Waals surface area contributed by atoms with E-state index in [0.29, 0.717) is 19.8 Å². The van der Waals surface area contributed by atoms with E-state index >= 15 is 0 Å². The Morgan fingerprint density at radius 3 is 2.82 bits per heavy atom. The highest BCUT2D eigenvalue weighted by atomic mass is 32.2. The van der Waals surface area contributed by atoms with Gasteiger partial charge < -0.3 is 14.5 Å². The molecule has 0 aromatic carbocycles. The average Bonchev–Trinajstić information content (AvgIpc) is 3.11. The van der Waals surface area contributed by atoms with Crippen LogP contribution in [0.25, 0.3) is 0 Å². The van der Waals surface area contributed by atoms with Crippen LogP contribution in [0.4, 0.5) is 0 Å². The Labute approximate surface area is 135 Å². The molecular weight excluding hydrogens is 300 g/mol. The van der Waals surface area contributed by atoms with Gasteiger partial charge in [0.1, 0.15) is 0 Å². The van der Waals surface area contributed by atoms with E-state index in [1.807, 2.05) is 17.8 Å². The van der Waals surface area contributed by atoms with Gasteiger partial charge in [-0.3, -0.25) is 9.69 Å². The van der Waals surface area contributed by atoms with Crippen molar-refractivity contribution in [1.29, 1.82) is 0 Å². The van der Waals surface area contributed by atoms with Gasteiger partial charge in [-0.15, -0.1) is 0 Å². The number of amides is 1. The predicted molar refractivity (Wildman–Crippen MR) is 86.9 cm³/mol. The summed E-state index contributed by atoms with van der Waals surface area (Å²) in [6, 6.07) is 2.22. The van der Waals surface area contributed by atoms with Crippen LogP contribution in [0, 0.1) is 5.92 Å². The molecule has 2 aliphatic rings. The maximum absolute atomic E-state index is 12.3. The molecule has 3 rings (SSSR count). The summed E-state index contributed by atoms with van der Waals surface area (Å²) in [5, 5.41) is 3.15. The molecule has 0 radical (unpaired) electrons. The third kappa shape index (κ3) is 4.06. The molecule has 0 bridgehead atoms. The number of thioether (sulfide) groups is 1. The molecule has 1 aromatic heterocycles. The molecule has 2 fully saturated rings. The van der Waals surface area contributed by atoms with Crippen molar-refractivity contribution in [2.45, 2.75) is 18.9 Å². The summed E-state index contributed by atoms with van der Waals surface area (Å²) in [7, 11) is 0. The lowest BCUT2D eigenvalue weighted by molar-refractivity contribution is -0.128. The Bertz CT molecular complexity index is 454. The lowest BCUT2D eigenvalue weighted by atomic mass is 9.99. The van der Waals surface area contributed by atoms with E-state index in [4.69, 9.17) is 9.15 Å². The van der Waals surface area contributed by atoms with Gasteiger partial charge in [-0.25, -0.2) is 0 Å². The van der Waals surface area contributed by atoms with Crippen molar-refractivity contribution >= 4 is 17.7 Å². The highest BCUT2D eigenvalue weighted by Crippen LogP contribution is 2.24. The molecule has 0 spiro atoms. The third-order valence-electron chi connectivity index (χ3n) is 4.48. The van der Waals surface area contributed by atoms with Gasteiger partial charge in [0.15, 0.2) is 0 Å². The lowest BCUT2D eigenvalue weighted by Gasteiger charge is -2.34. The first-order valence-electron chi connectivity index (χ1n) is 8.04. The molecule has 0 saturated carbocycles. The monoisotopic (exact) mass is 324 g/mol. The number of ether oxygens (including phenoxy) is 1. The van der Waals surface area contributed by atoms with Crippen molar-refractivity contribution in [2.24, 2.45) is 5.92 Å². The maximum atomic E-state index is 12.3. The van der Waals surface area contributed by atoms with Gasteiger partial charge in [0.05, 0.1) is 18.6 Å². The number of hydrogen-bond acceptors (Lipinski definition) is 5. The Balaban J connectivity index is 1.58. The minimum Gasteiger partial charge on any atom is -0.472 e. The average molecular weight is 324 g/mol. The van der Waals surface area contributed by atoms with E-state index in [9.17, 15) is 4.79 Å². The van der Waals surface area contributed by atoms with Crippen LogP contribution in [-0.4, -0.2) is 55.2 Å². The zero-order valence-corrected chi connectivity index (χ0v) is 13.6. The van der Waals surface area contributed by atoms with Crippen LogP contribution in [0.1, 0.15) is 24.4 Å². The molecule has 1 aromatic rings. The van der Waals surface area contributed by atoms with Crippen LogP contribution >= 0.6 is 11.8 Å². The van der Waals surface area contributed by atoms with Crippen molar-refractivity contribution in [1.82, 2.24) is 10.2 Å². The number of rotatable bonds is 5. The molecule has 1 atom stereocenters. The first kappa shape index (κ1) is 15.9. The highest BCUT2D eigenvalue weighted by Gasteiger charge is 2.26. The van der Waals surface area contributed by atoms with Crippen molar-refractivity contribution in [3.63, 3.8) is 0 Å². The summed E-state index contributed by atoms with van der Waals surface area (Å²) in [6.07, 6.45) is 5.18. The van der Waals surface area contributed by atoms with Gasteiger partial charge in [-0.2, -0.15) is 11.8 Å². The molecule has 0 unspecified atom stereocenters. The van der Waals surface area contributed by atoms with Gasteiger partial charge in [0, 0.05) is 55.8 Å². The van der Waals surface area contributed by atoms with Gasteiger partial charge >= 0.3 is 0 Å². The molecular formula is C16H24N2O3S. The van der Waals surface area contributed by atoms with Gasteiger partial charge in [-0.05, 0) is 18.9 Å². The summed E-state index contributed by atoms with van der Waals surface area (Å²) >= 11 is 1.99. The quantitative estimate of drug-likeness (QED) is 0.897. The molecule has 3 heterocycles. The molecule has 0 aliphatic carbocycles. The summed E-state index contributed by atoms with van der Waals surface area (Å²) in [4.78, 5) is 14.8. The zero-order valence-electron chi connectivity index (χ0n) is 12.8. The maximum Gasteiger partial charge on any atom is 0.223 e. The summed E-state index contributed by atoms with van der Waals surface area (Å²) in [6.45, 7) is 4.18. The van der Waals surface area contributed by atoms with Crippen LogP contribution in [-0.2, 0) is 9.53 Å². The number of nitrogens with zero attached hydrogens (tertiary/aromatic N) is 1. The Kier molecular flexibility index (Phi) is 5.81. The van der Waals surface area contributed by atoms with E-state index in [0.717, 1.165) is 43.0 Å². The highest BCUT2D eigenvalue weighted by molar-refractivity contribution is 7.99. The Morgan fingerprint density at radius 2 is 2.14 bits per heavy atom. The van der Waals surface area contributed by atoms with E-state index in [-0.39, 0.29) is 17.9 Å². The van der Waals surface area contributed by atoms with Gasteiger partial charge in [0.25, 0.3) is 0 Å². The second kappa shape index (κ2) is 8.04. The Morgan fingerprint density at radius 1 is 1.36 bits per heavy atom. The van der Waals surface area contributed by atoms with Gasteiger partial charge in [-0.1, -0.05) is 0 Å². The van der Waals surface area contributed by atoms with Crippen molar-refractivity contribution < 1.29 is 13.9 Å². The van der Waals surface area contributed by atoms with Crippen LogP contribution in [0.5, 0.6) is 0 Å². The summed E-state index contributed by atoms with van der Waals surface area (Å²) in [5.74, 6) is 2.59. The van der Waals surface area contributed by atoms with E-state index in [1.165, 1.54) is 0 Å². The minimum absolute atomic E-state index is 0.107. The fourth-order valence-electron chi connectivity index (χ4n) is 3.11. The number of furan rings is 1. The number of carbonyl (C=O) groups excluding carboxylic acids is 1. The van der Waals surface area contributed by atoms with Crippen LogP contribution < -0.4 is 5.32 Å². The zero-order chi connectivity index (χ0) is 15.2. The molecule has 1 amide bonds. The van der Waals surface area contributed by atoms with Crippen LogP contribution in [0.3, 0.4) is 0 Å². The summed E-state index contributed by atoms with van der Waals surface area (Å²) in [5.41, 5.74) is 1.15. The standard InChI is InChI=1S/C16H24N2O3S/c19-16(13-1-6-20-7-2-13)17-11-15(14-3-8-21-12-14)18-4-9-22-10-5-18/h3,8,12-13,15H,1-2,4-7,9-11H2,(H,17,19)/t15-/m0/s1. The predicted octanol–water partition coefficient (Wildman–Crippen LogP) is 1.91. The van der Waals surface area contributed by atoms with Gasteiger partial charge in [0.2, 0.25) is 5.91 Å². The second-order valence-electron chi connectivity index (χ2n) is 5.85. The number of hydrogen-bond donors (Lipinski definition) is 1. The molecule has 5 nitrogen and oxygen atoms in total. The molecule has 6 heteroatoms. The van der Waals surface area contributed by atoms with Crippen molar-refractivity contribution in [2.75, 3.05) is 44.4 Å². The molecule has 2 saturated heterocycles. The van der Waals surface area contributed by atoms with Crippen molar-refractivity contribution in [3.05, 3.63) is 24.2 Å². The fourth-order valence-corrected chi connectivity index (χ4v) is 4.04. The normalized spacial score (nSPS) is 22.4. The number of nitrogens with one attached hydrogen (secondary N) is 1. The third-order valence-corrected chi connectivity index (χ3v) is 5.42. The topological polar surface area (TPSA) is 54.7 Å². The summed E-state index contributed by atoms with van der Waals surface area (Å²) < 4.78 is 10.6. The van der Waals surface area contributed by atoms with E-state index in [2.05, 4.69) is 10.2 Å². The molecule has 1 N–H and O–H groups in total. The fraction of sp³-hybridized carbons (Fsp3) is 0.688. The van der Waals surface area contributed by atoms with E-state index < -0.39 is 0 Å². The van der Waals surface area contributed by atoms with Crippen LogP contribution in [0.15, 0.2) is 23.0 Å². The first-order valence-corrected chi connectivity index (χ1v) is 9.19. The second-order valence-corrected chi connectivity index (χ2v) is 7.08. The smallest absolute Gasteiger partial charge is 0.223 e. The largest absolute Gasteiger partial charge is 0.472 e. The first-order chi connectivity index (χ1) is 10.8. The molecule has 122 valence electrons. The molecule has 22 heavy (non-hydrogen) atoms.